The molecule has 0 aliphatic carbocycles. The second-order valence-electron chi connectivity index (χ2n) is 5.26. The number of nitrogens with one attached hydrogen (secondary N) is 2. The van der Waals surface area contributed by atoms with Gasteiger partial charge in [0.1, 0.15) is 17.6 Å². The Hall–Kier alpha value is -1.75. The van der Waals surface area contributed by atoms with E-state index in [2.05, 4.69) is 17.6 Å². The predicted octanol–water partition coefficient (Wildman–Crippen LogP) is 1.63. The Morgan fingerprint density at radius 2 is 2.29 bits per heavy atom. The first kappa shape index (κ1) is 15.6. The summed E-state index contributed by atoms with van der Waals surface area (Å²) < 4.78 is 11.5. The Balaban J connectivity index is 2.07. The number of ether oxygens (including phenoxy) is 2. The molecule has 21 heavy (non-hydrogen) atoms. The molecule has 2 rings (SSSR count). The number of hydrogen-bond acceptors (Lipinski definition) is 4. The maximum atomic E-state index is 11.7. The lowest BCUT2D eigenvalue weighted by Crippen LogP contribution is -2.26. The van der Waals surface area contributed by atoms with Crippen LogP contribution in [0.1, 0.15) is 31.4 Å². The van der Waals surface area contributed by atoms with Crippen LogP contribution in [-0.2, 0) is 17.8 Å². The van der Waals surface area contributed by atoms with Crippen molar-refractivity contribution in [3.63, 3.8) is 0 Å². The van der Waals surface area contributed by atoms with E-state index in [1.54, 1.807) is 0 Å². The molecule has 0 bridgehead atoms. The number of benzene rings is 1. The Morgan fingerprint density at radius 3 is 3.00 bits per heavy atom. The van der Waals surface area contributed by atoms with Crippen molar-refractivity contribution in [1.82, 2.24) is 10.6 Å². The fourth-order valence-corrected chi connectivity index (χ4v) is 2.43. The zero-order valence-electron chi connectivity index (χ0n) is 13.0. The van der Waals surface area contributed by atoms with Crippen LogP contribution in [0.25, 0.3) is 0 Å². The SMILES string of the molecule is CCOc1cc2c(cc1CNC(=O)CCNC)OC(C)C2. The fourth-order valence-electron chi connectivity index (χ4n) is 2.43. The minimum Gasteiger partial charge on any atom is -0.494 e. The minimum absolute atomic E-state index is 0.0292. The summed E-state index contributed by atoms with van der Waals surface area (Å²) in [5, 5.41) is 5.88. The molecule has 2 N–H and O–H groups in total. The molecule has 116 valence electrons. The molecule has 5 heteroatoms. The van der Waals surface area contributed by atoms with E-state index in [4.69, 9.17) is 9.47 Å². The van der Waals surface area contributed by atoms with E-state index in [1.807, 2.05) is 26.1 Å². The van der Waals surface area contributed by atoms with Crippen LogP contribution in [0.3, 0.4) is 0 Å². The largest absolute Gasteiger partial charge is 0.494 e. The normalized spacial score (nSPS) is 16.2. The van der Waals surface area contributed by atoms with Crippen molar-refractivity contribution in [2.75, 3.05) is 20.2 Å². The third-order valence-electron chi connectivity index (χ3n) is 3.46. The van der Waals surface area contributed by atoms with Gasteiger partial charge in [0, 0.05) is 37.1 Å². The Morgan fingerprint density at radius 1 is 1.48 bits per heavy atom. The second kappa shape index (κ2) is 7.31. The Bertz CT molecular complexity index is 503. The molecular formula is C16H24N2O3. The molecule has 1 aliphatic heterocycles. The smallest absolute Gasteiger partial charge is 0.221 e. The zero-order chi connectivity index (χ0) is 15.2. The van der Waals surface area contributed by atoms with Crippen molar-refractivity contribution in [1.29, 1.82) is 0 Å². The summed E-state index contributed by atoms with van der Waals surface area (Å²) in [4.78, 5) is 11.7. The number of carbonyl (C=O) groups excluding carboxylic acids is 1. The summed E-state index contributed by atoms with van der Waals surface area (Å²) in [6, 6.07) is 4.03. The van der Waals surface area contributed by atoms with Crippen LogP contribution in [0.15, 0.2) is 12.1 Å². The topological polar surface area (TPSA) is 59.6 Å². The quantitative estimate of drug-likeness (QED) is 0.802. The molecule has 1 atom stereocenters. The van der Waals surface area contributed by atoms with Gasteiger partial charge < -0.3 is 20.1 Å². The minimum atomic E-state index is 0.0292. The highest BCUT2D eigenvalue weighted by molar-refractivity contribution is 5.76. The van der Waals surface area contributed by atoms with Crippen molar-refractivity contribution in [2.45, 2.75) is 39.3 Å². The highest BCUT2D eigenvalue weighted by Crippen LogP contribution is 2.35. The van der Waals surface area contributed by atoms with Gasteiger partial charge in [0.15, 0.2) is 0 Å². The Labute approximate surface area is 126 Å². The van der Waals surface area contributed by atoms with Crippen LogP contribution in [-0.4, -0.2) is 32.2 Å². The summed E-state index contributed by atoms with van der Waals surface area (Å²) >= 11 is 0. The van der Waals surface area contributed by atoms with E-state index < -0.39 is 0 Å². The molecule has 0 saturated heterocycles. The molecule has 0 fully saturated rings. The standard InChI is InChI=1S/C16H24N2O3/c1-4-20-14-8-12-7-11(2)21-15(12)9-13(14)10-18-16(19)5-6-17-3/h8-9,11,17H,4-7,10H2,1-3H3,(H,18,19). The third kappa shape index (κ3) is 4.11. The van der Waals surface area contributed by atoms with E-state index in [9.17, 15) is 4.79 Å². The zero-order valence-corrected chi connectivity index (χ0v) is 13.0. The van der Waals surface area contributed by atoms with Crippen molar-refractivity contribution in [2.24, 2.45) is 0 Å². The van der Waals surface area contributed by atoms with Gasteiger partial charge in [0.25, 0.3) is 0 Å². The Kier molecular flexibility index (Phi) is 5.44. The van der Waals surface area contributed by atoms with E-state index in [-0.39, 0.29) is 12.0 Å². The van der Waals surface area contributed by atoms with Crippen LogP contribution >= 0.6 is 0 Å². The van der Waals surface area contributed by atoms with Crippen molar-refractivity contribution in [3.05, 3.63) is 23.3 Å². The highest BCUT2D eigenvalue weighted by atomic mass is 16.5. The molecule has 1 aromatic rings. The van der Waals surface area contributed by atoms with E-state index in [1.165, 1.54) is 5.56 Å². The maximum absolute atomic E-state index is 11.7. The molecule has 0 radical (unpaired) electrons. The van der Waals surface area contributed by atoms with Crippen LogP contribution in [0, 0.1) is 0 Å². The molecule has 1 unspecified atom stereocenters. The number of hydrogen-bond donors (Lipinski definition) is 2. The van der Waals surface area contributed by atoms with Gasteiger partial charge in [-0.2, -0.15) is 0 Å². The average molecular weight is 292 g/mol. The lowest BCUT2D eigenvalue weighted by atomic mass is 10.1. The van der Waals surface area contributed by atoms with E-state index in [0.29, 0.717) is 26.1 Å². The van der Waals surface area contributed by atoms with Crippen LogP contribution < -0.4 is 20.1 Å². The first-order chi connectivity index (χ1) is 10.1. The summed E-state index contributed by atoms with van der Waals surface area (Å²) in [5.74, 6) is 1.77. The van der Waals surface area contributed by atoms with Gasteiger partial charge in [-0.25, -0.2) is 0 Å². The number of amides is 1. The number of rotatable bonds is 7. The van der Waals surface area contributed by atoms with Crippen molar-refractivity contribution in [3.8, 4) is 11.5 Å². The van der Waals surface area contributed by atoms with Crippen LogP contribution in [0.4, 0.5) is 0 Å². The summed E-state index contributed by atoms with van der Waals surface area (Å²) in [7, 11) is 1.83. The average Bonchev–Trinajstić information content (AvgIpc) is 2.82. The van der Waals surface area contributed by atoms with Gasteiger partial charge in [0.05, 0.1) is 6.61 Å². The monoisotopic (exact) mass is 292 g/mol. The molecule has 1 heterocycles. The first-order valence-electron chi connectivity index (χ1n) is 7.50. The summed E-state index contributed by atoms with van der Waals surface area (Å²) in [6.07, 6.45) is 1.58. The van der Waals surface area contributed by atoms with E-state index >= 15 is 0 Å². The molecule has 0 saturated carbocycles. The lowest BCUT2D eigenvalue weighted by molar-refractivity contribution is -0.121. The molecule has 1 aromatic carbocycles. The number of carbonyl (C=O) groups is 1. The summed E-state index contributed by atoms with van der Waals surface area (Å²) in [5.41, 5.74) is 2.14. The molecule has 1 aliphatic rings. The van der Waals surface area contributed by atoms with Gasteiger partial charge in [-0.05, 0) is 33.0 Å². The van der Waals surface area contributed by atoms with E-state index in [0.717, 1.165) is 23.5 Å². The third-order valence-corrected chi connectivity index (χ3v) is 3.46. The molecule has 0 aromatic heterocycles. The first-order valence-corrected chi connectivity index (χ1v) is 7.50. The second-order valence-corrected chi connectivity index (χ2v) is 5.26. The van der Waals surface area contributed by atoms with Gasteiger partial charge in [-0.3, -0.25) is 4.79 Å². The maximum Gasteiger partial charge on any atom is 0.221 e. The molecule has 1 amide bonds. The lowest BCUT2D eigenvalue weighted by Gasteiger charge is -2.13. The van der Waals surface area contributed by atoms with Gasteiger partial charge in [-0.1, -0.05) is 0 Å². The van der Waals surface area contributed by atoms with Gasteiger partial charge in [0.2, 0.25) is 5.91 Å². The van der Waals surface area contributed by atoms with Crippen LogP contribution in [0.2, 0.25) is 0 Å². The highest BCUT2D eigenvalue weighted by Gasteiger charge is 2.21. The van der Waals surface area contributed by atoms with Crippen molar-refractivity contribution >= 4 is 5.91 Å². The van der Waals surface area contributed by atoms with Crippen molar-refractivity contribution < 1.29 is 14.3 Å². The fraction of sp³-hybridized carbons (Fsp3) is 0.562. The van der Waals surface area contributed by atoms with Gasteiger partial charge in [-0.15, -0.1) is 0 Å². The predicted molar refractivity (Wildman–Crippen MR) is 81.8 cm³/mol. The molecule has 0 spiro atoms. The van der Waals surface area contributed by atoms with Crippen LogP contribution in [0.5, 0.6) is 11.5 Å². The summed E-state index contributed by atoms with van der Waals surface area (Å²) in [6.45, 7) is 5.76. The van der Waals surface area contributed by atoms with Gasteiger partial charge >= 0.3 is 0 Å². The number of fused-ring (bicyclic) bond motifs is 1. The molecular weight excluding hydrogens is 268 g/mol. The molecule has 5 nitrogen and oxygen atoms in total.